The van der Waals surface area contributed by atoms with Crippen molar-refractivity contribution in [2.24, 2.45) is 0 Å². The number of amides is 4. The van der Waals surface area contributed by atoms with Gasteiger partial charge in [-0.1, -0.05) is 31.0 Å². The molecule has 0 aliphatic heterocycles. The van der Waals surface area contributed by atoms with Gasteiger partial charge in [-0.3, -0.25) is 24.9 Å². The van der Waals surface area contributed by atoms with Gasteiger partial charge in [0.15, 0.2) is 0 Å². The monoisotopic (exact) mass is 443 g/mol. The predicted octanol–water partition coefficient (Wildman–Crippen LogP) is 3.18. The van der Waals surface area contributed by atoms with Crippen LogP contribution < -0.4 is 21.4 Å². The highest BCUT2D eigenvalue weighted by Crippen LogP contribution is 2.15. The number of hydrogen-bond donors (Lipinski definition) is 5. The summed E-state index contributed by atoms with van der Waals surface area (Å²) < 4.78 is 0. The minimum absolute atomic E-state index is 0.110. The predicted molar refractivity (Wildman–Crippen MR) is 117 cm³/mol. The van der Waals surface area contributed by atoms with Crippen molar-refractivity contribution in [3.05, 3.63) is 64.7 Å². The molecule has 0 unspecified atom stereocenters. The van der Waals surface area contributed by atoms with Crippen molar-refractivity contribution in [3.8, 4) is 0 Å². The van der Waals surface area contributed by atoms with Crippen LogP contribution >= 0.6 is 0 Å². The standard InChI is InChI=1S/C21H25N5O6/c27-19(22-15-7-3-1-4-8-15)10-6-2-5-9-18(20(28)25-30)24-21(29)23-16-11-13-17(14-12-16)26(31)32/h1,3-4,7-8,11-14,18,30H,2,5-6,9-10H2,(H,22,27)(H,25,28)(H2,23,24,29)/t18-/m0/s1. The Labute approximate surface area is 184 Å². The quantitative estimate of drug-likeness (QED) is 0.155. The number of nitro groups is 1. The van der Waals surface area contributed by atoms with Crippen LogP contribution in [-0.4, -0.2) is 34.0 Å². The zero-order valence-corrected chi connectivity index (χ0v) is 17.2. The highest BCUT2D eigenvalue weighted by atomic mass is 16.6. The lowest BCUT2D eigenvalue weighted by molar-refractivity contribution is -0.384. The summed E-state index contributed by atoms with van der Waals surface area (Å²) in [5.74, 6) is -0.882. The fraction of sp³-hybridized carbons (Fsp3) is 0.286. The van der Waals surface area contributed by atoms with E-state index in [-0.39, 0.29) is 18.0 Å². The number of nitro benzene ring substituents is 1. The number of benzene rings is 2. The molecule has 0 aliphatic carbocycles. The van der Waals surface area contributed by atoms with Crippen LogP contribution in [0.25, 0.3) is 0 Å². The first-order chi connectivity index (χ1) is 15.4. The Morgan fingerprint density at radius 2 is 1.56 bits per heavy atom. The lowest BCUT2D eigenvalue weighted by Crippen LogP contribution is -2.47. The first kappa shape index (κ1) is 24.3. The van der Waals surface area contributed by atoms with Crippen molar-refractivity contribution < 1.29 is 24.5 Å². The van der Waals surface area contributed by atoms with Crippen LogP contribution in [0.5, 0.6) is 0 Å². The number of carbonyl (C=O) groups excluding carboxylic acids is 3. The van der Waals surface area contributed by atoms with Gasteiger partial charge < -0.3 is 16.0 Å². The molecule has 0 aliphatic rings. The summed E-state index contributed by atoms with van der Waals surface area (Å²) in [5.41, 5.74) is 2.43. The number of urea groups is 1. The molecule has 0 radical (unpaired) electrons. The largest absolute Gasteiger partial charge is 0.326 e. The Morgan fingerprint density at radius 3 is 2.19 bits per heavy atom. The molecule has 11 nitrogen and oxygen atoms in total. The topological polar surface area (TPSA) is 163 Å². The van der Waals surface area contributed by atoms with Gasteiger partial charge in [-0.2, -0.15) is 0 Å². The summed E-state index contributed by atoms with van der Waals surface area (Å²) in [7, 11) is 0. The van der Waals surface area contributed by atoms with Crippen molar-refractivity contribution in [1.29, 1.82) is 0 Å². The van der Waals surface area contributed by atoms with Crippen molar-refractivity contribution in [2.45, 2.75) is 38.1 Å². The SMILES string of the molecule is O=C(CCCCC[C@H](NC(=O)Nc1ccc([N+](=O)[O-])cc1)C(=O)NO)Nc1ccccc1. The second-order valence-corrected chi connectivity index (χ2v) is 6.94. The minimum atomic E-state index is -0.990. The molecule has 0 spiro atoms. The number of non-ortho nitro benzene ring substituents is 1. The Kier molecular flexibility index (Phi) is 9.60. The molecule has 1 atom stereocenters. The number of hydroxylamine groups is 1. The molecule has 0 heterocycles. The molecular formula is C21H25N5O6. The minimum Gasteiger partial charge on any atom is -0.326 e. The number of hydrogen-bond acceptors (Lipinski definition) is 6. The Bertz CT molecular complexity index is 920. The summed E-state index contributed by atoms with van der Waals surface area (Å²) >= 11 is 0. The van der Waals surface area contributed by atoms with Crippen molar-refractivity contribution >= 4 is 34.9 Å². The van der Waals surface area contributed by atoms with Crippen LogP contribution in [0.4, 0.5) is 21.9 Å². The number of nitrogens with zero attached hydrogens (tertiary/aromatic N) is 1. The Hall–Kier alpha value is -3.99. The number of unbranched alkanes of at least 4 members (excludes halogenated alkanes) is 2. The van der Waals surface area contributed by atoms with Gasteiger partial charge in [-0.15, -0.1) is 0 Å². The molecule has 2 aromatic rings. The van der Waals surface area contributed by atoms with E-state index in [0.29, 0.717) is 31.4 Å². The molecule has 170 valence electrons. The van der Waals surface area contributed by atoms with E-state index in [1.54, 1.807) is 12.1 Å². The van der Waals surface area contributed by atoms with E-state index >= 15 is 0 Å². The smallest absolute Gasteiger partial charge is 0.319 e. The Balaban J connectivity index is 1.74. The van der Waals surface area contributed by atoms with Gasteiger partial charge in [0.2, 0.25) is 5.91 Å². The molecule has 2 rings (SSSR count). The number of anilines is 2. The lowest BCUT2D eigenvalue weighted by atomic mass is 10.1. The maximum atomic E-state index is 12.1. The molecule has 5 N–H and O–H groups in total. The summed E-state index contributed by atoms with van der Waals surface area (Å²) in [6.07, 6.45) is 2.35. The molecule has 0 saturated heterocycles. The number of para-hydroxylation sites is 1. The average molecular weight is 443 g/mol. The summed E-state index contributed by atoms with van der Waals surface area (Å²) in [4.78, 5) is 46.0. The van der Waals surface area contributed by atoms with Gasteiger partial charge in [-0.25, -0.2) is 10.3 Å². The maximum absolute atomic E-state index is 12.1. The van der Waals surface area contributed by atoms with Crippen molar-refractivity contribution in [2.75, 3.05) is 10.6 Å². The molecule has 2 aromatic carbocycles. The van der Waals surface area contributed by atoms with E-state index in [9.17, 15) is 24.5 Å². The summed E-state index contributed by atoms with van der Waals surface area (Å²) in [6.45, 7) is 0. The van der Waals surface area contributed by atoms with E-state index < -0.39 is 22.9 Å². The second kappa shape index (κ2) is 12.6. The second-order valence-electron chi connectivity index (χ2n) is 6.94. The zero-order chi connectivity index (χ0) is 23.3. The van der Waals surface area contributed by atoms with Crippen LogP contribution in [0.1, 0.15) is 32.1 Å². The highest BCUT2D eigenvalue weighted by Gasteiger charge is 2.20. The molecule has 0 aromatic heterocycles. The van der Waals surface area contributed by atoms with Crippen LogP contribution in [0.2, 0.25) is 0 Å². The highest BCUT2D eigenvalue weighted by molar-refractivity contribution is 5.93. The average Bonchev–Trinajstić information content (AvgIpc) is 2.78. The van der Waals surface area contributed by atoms with E-state index in [4.69, 9.17) is 5.21 Å². The number of rotatable bonds is 11. The van der Waals surface area contributed by atoms with E-state index in [1.165, 1.54) is 29.7 Å². The lowest BCUT2D eigenvalue weighted by Gasteiger charge is -2.17. The molecule has 32 heavy (non-hydrogen) atoms. The van der Waals surface area contributed by atoms with Crippen LogP contribution in [-0.2, 0) is 9.59 Å². The summed E-state index contributed by atoms with van der Waals surface area (Å²) in [5, 5.41) is 27.3. The molecular weight excluding hydrogens is 418 g/mol. The van der Waals surface area contributed by atoms with E-state index in [2.05, 4.69) is 16.0 Å². The van der Waals surface area contributed by atoms with E-state index in [1.807, 2.05) is 18.2 Å². The molecule has 0 saturated carbocycles. The van der Waals surface area contributed by atoms with Crippen molar-refractivity contribution in [1.82, 2.24) is 10.8 Å². The van der Waals surface area contributed by atoms with Gasteiger partial charge >= 0.3 is 6.03 Å². The molecule has 0 fully saturated rings. The third kappa shape index (κ3) is 8.40. The molecule has 0 bridgehead atoms. The summed E-state index contributed by atoms with van der Waals surface area (Å²) in [6, 6.07) is 12.6. The first-order valence-electron chi connectivity index (χ1n) is 10.00. The third-order valence-corrected chi connectivity index (χ3v) is 4.52. The van der Waals surface area contributed by atoms with Gasteiger partial charge in [-0.05, 0) is 37.1 Å². The van der Waals surface area contributed by atoms with Gasteiger partial charge in [0.25, 0.3) is 11.6 Å². The van der Waals surface area contributed by atoms with Gasteiger partial charge in [0, 0.05) is 29.9 Å². The third-order valence-electron chi connectivity index (χ3n) is 4.52. The zero-order valence-electron chi connectivity index (χ0n) is 17.2. The fourth-order valence-electron chi connectivity index (χ4n) is 2.89. The number of carbonyl (C=O) groups is 3. The van der Waals surface area contributed by atoms with E-state index in [0.717, 1.165) is 5.69 Å². The van der Waals surface area contributed by atoms with Crippen molar-refractivity contribution in [3.63, 3.8) is 0 Å². The Morgan fingerprint density at radius 1 is 0.906 bits per heavy atom. The van der Waals surface area contributed by atoms with Crippen LogP contribution in [0.15, 0.2) is 54.6 Å². The normalized spacial score (nSPS) is 11.2. The molecule has 11 heteroatoms. The van der Waals surface area contributed by atoms with Gasteiger partial charge in [0.05, 0.1) is 4.92 Å². The first-order valence-corrected chi connectivity index (χ1v) is 10.00. The van der Waals surface area contributed by atoms with Crippen LogP contribution in [0.3, 0.4) is 0 Å². The maximum Gasteiger partial charge on any atom is 0.319 e. The number of nitrogens with one attached hydrogen (secondary N) is 4. The fourth-order valence-corrected chi connectivity index (χ4v) is 2.89. The molecule has 4 amide bonds. The van der Waals surface area contributed by atoms with Gasteiger partial charge in [0.1, 0.15) is 6.04 Å². The van der Waals surface area contributed by atoms with Crippen LogP contribution in [0, 0.1) is 10.1 Å².